The van der Waals surface area contributed by atoms with Gasteiger partial charge in [-0.3, -0.25) is 0 Å². The lowest BCUT2D eigenvalue weighted by Gasteiger charge is -2.47. The van der Waals surface area contributed by atoms with E-state index in [2.05, 4.69) is 13.8 Å². The third-order valence-electron chi connectivity index (χ3n) is 14.6. The molecule has 22 nitrogen and oxygen atoms in total. The first-order chi connectivity index (χ1) is 34.1. The lowest BCUT2D eigenvalue weighted by molar-refractivity contribution is -0.365. The highest BCUT2D eigenvalue weighted by Gasteiger charge is 2.53. The Morgan fingerprint density at radius 1 is 0.324 bits per heavy atom. The van der Waals surface area contributed by atoms with Crippen molar-refractivity contribution in [3.8, 4) is 0 Å². The summed E-state index contributed by atoms with van der Waals surface area (Å²) in [4.78, 5) is 0. The monoisotopic (exact) mass is 1030 g/mol. The summed E-state index contributed by atoms with van der Waals surface area (Å²) in [6, 6.07) is 0. The van der Waals surface area contributed by atoms with Crippen LogP contribution in [-0.4, -0.2) is 234 Å². The second-order valence-corrected chi connectivity index (χ2v) is 20.3. The van der Waals surface area contributed by atoms with Gasteiger partial charge in [-0.25, -0.2) is 0 Å². The van der Waals surface area contributed by atoms with Crippen molar-refractivity contribution < 1.29 is 109 Å². The number of hydrogen-bond donors (Lipinski definition) is 14. The topological polar surface area (TPSA) is 357 Å². The normalized spacial score (nSPS) is 38.2. The fraction of sp³-hybridized carbons (Fsp3) is 1.00. The van der Waals surface area contributed by atoms with Gasteiger partial charge in [-0.1, -0.05) is 129 Å². The van der Waals surface area contributed by atoms with Gasteiger partial charge < -0.3 is 109 Å². The van der Waals surface area contributed by atoms with Gasteiger partial charge in [-0.05, 0) is 12.8 Å². The van der Waals surface area contributed by atoms with Crippen LogP contribution in [-0.2, 0) is 37.9 Å². The summed E-state index contributed by atoms with van der Waals surface area (Å²) in [6.07, 6.45) is -12.8. The van der Waals surface area contributed by atoms with Crippen molar-refractivity contribution in [1.82, 2.24) is 0 Å². The third kappa shape index (κ3) is 18.1. The molecule has 420 valence electrons. The van der Waals surface area contributed by atoms with Gasteiger partial charge in [0, 0.05) is 5.41 Å². The lowest BCUT2D eigenvalue weighted by atomic mass is 9.79. The van der Waals surface area contributed by atoms with Crippen LogP contribution in [0, 0.1) is 5.41 Å². The first-order valence-electron chi connectivity index (χ1n) is 26.5. The standard InChI is InChI=1S/C49H92O22/c1-3-5-7-9-11-13-15-17-19-21-49(22-20-18-16-14-12-10-8-6-4-2,27-64-45-41(62)37(58)43(31(25-52)68-45)70-47-39(60)35(56)33(54)29(23-50)66-47)28-65-46-42(63)38(59)44(32(26-53)69-46)71-48-40(61)36(57)34(55)30(24-51)67-48/h29-48,50-63H,3-28H2,1-2H3/t29-,30-,31-,32-,33-,34-,35+,36+,37-,38-,39-,40-,41-,42-,43-,44-,45-,46-,47-,48-/m1/s1. The molecular weight excluding hydrogens is 941 g/mol. The smallest absolute Gasteiger partial charge is 0.187 e. The van der Waals surface area contributed by atoms with E-state index in [9.17, 15) is 71.5 Å². The van der Waals surface area contributed by atoms with Crippen LogP contribution >= 0.6 is 0 Å². The Hall–Kier alpha value is -0.880. The first-order valence-corrected chi connectivity index (χ1v) is 26.5. The molecule has 14 N–H and O–H groups in total. The van der Waals surface area contributed by atoms with E-state index in [1.807, 2.05) is 0 Å². The molecule has 4 fully saturated rings. The summed E-state index contributed by atoms with van der Waals surface area (Å²) in [7, 11) is 0. The predicted molar refractivity (Wildman–Crippen MR) is 251 cm³/mol. The molecule has 0 unspecified atom stereocenters. The Labute approximate surface area is 418 Å². The van der Waals surface area contributed by atoms with Crippen molar-refractivity contribution in [3.63, 3.8) is 0 Å². The number of rotatable bonds is 34. The minimum absolute atomic E-state index is 0.135. The Balaban J connectivity index is 1.54. The fourth-order valence-corrected chi connectivity index (χ4v) is 9.98. The summed E-state index contributed by atoms with van der Waals surface area (Å²) in [5.41, 5.74) is -0.874. The van der Waals surface area contributed by atoms with E-state index < -0.39 is 155 Å². The van der Waals surface area contributed by atoms with Gasteiger partial charge in [0.15, 0.2) is 25.2 Å². The first kappa shape index (κ1) is 62.7. The zero-order chi connectivity index (χ0) is 52.1. The minimum atomic E-state index is -1.84. The molecule has 4 saturated heterocycles. The quantitative estimate of drug-likeness (QED) is 0.0347. The maximum absolute atomic E-state index is 11.5. The van der Waals surface area contributed by atoms with Gasteiger partial charge in [0.25, 0.3) is 0 Å². The highest BCUT2D eigenvalue weighted by atomic mass is 16.8. The summed E-state index contributed by atoms with van der Waals surface area (Å²) < 4.78 is 47.1. The molecule has 0 radical (unpaired) electrons. The lowest BCUT2D eigenvalue weighted by Crippen LogP contribution is -2.65. The summed E-state index contributed by atoms with van der Waals surface area (Å²) in [5.74, 6) is 0. The van der Waals surface area contributed by atoms with Crippen LogP contribution in [0.5, 0.6) is 0 Å². The molecule has 0 bridgehead atoms. The number of aliphatic hydroxyl groups excluding tert-OH is 14. The van der Waals surface area contributed by atoms with Crippen molar-refractivity contribution in [3.05, 3.63) is 0 Å². The van der Waals surface area contributed by atoms with E-state index >= 15 is 0 Å². The third-order valence-corrected chi connectivity index (χ3v) is 14.6. The zero-order valence-electron chi connectivity index (χ0n) is 42.0. The van der Waals surface area contributed by atoms with Crippen LogP contribution in [0.15, 0.2) is 0 Å². The van der Waals surface area contributed by atoms with Gasteiger partial charge in [-0.2, -0.15) is 0 Å². The van der Waals surface area contributed by atoms with Crippen molar-refractivity contribution >= 4 is 0 Å². The molecule has 71 heavy (non-hydrogen) atoms. The van der Waals surface area contributed by atoms with Gasteiger partial charge in [0.05, 0.1) is 39.6 Å². The number of ether oxygens (including phenoxy) is 8. The molecular formula is C49H92O22. The van der Waals surface area contributed by atoms with Crippen molar-refractivity contribution in [2.24, 2.45) is 5.41 Å². The minimum Gasteiger partial charge on any atom is -0.394 e. The summed E-state index contributed by atoms with van der Waals surface area (Å²) in [6.45, 7) is 1.08. The average Bonchev–Trinajstić information content (AvgIpc) is 3.37. The van der Waals surface area contributed by atoms with Crippen LogP contribution in [0.25, 0.3) is 0 Å². The van der Waals surface area contributed by atoms with E-state index in [0.717, 1.165) is 89.9 Å². The van der Waals surface area contributed by atoms with Crippen molar-refractivity contribution in [2.45, 2.75) is 265 Å². The molecule has 0 aromatic rings. The molecule has 4 aliphatic rings. The van der Waals surface area contributed by atoms with Crippen LogP contribution in [0.2, 0.25) is 0 Å². The predicted octanol–water partition coefficient (Wildman–Crippen LogP) is -0.904. The van der Waals surface area contributed by atoms with Crippen molar-refractivity contribution in [2.75, 3.05) is 39.6 Å². The summed E-state index contributed by atoms with van der Waals surface area (Å²) in [5, 5.41) is 148. The van der Waals surface area contributed by atoms with E-state index in [1.165, 1.54) is 25.7 Å². The van der Waals surface area contributed by atoms with E-state index in [0.29, 0.717) is 12.8 Å². The van der Waals surface area contributed by atoms with Gasteiger partial charge >= 0.3 is 0 Å². The highest BCUT2D eigenvalue weighted by Crippen LogP contribution is 2.38. The number of aliphatic hydroxyl groups is 14. The molecule has 4 rings (SSSR count). The second kappa shape index (κ2) is 32.6. The van der Waals surface area contributed by atoms with Crippen LogP contribution in [0.4, 0.5) is 0 Å². The van der Waals surface area contributed by atoms with Crippen LogP contribution < -0.4 is 0 Å². The highest BCUT2D eigenvalue weighted by molar-refractivity contribution is 4.96. The Morgan fingerprint density at radius 2 is 0.606 bits per heavy atom. The van der Waals surface area contributed by atoms with Crippen LogP contribution in [0.1, 0.15) is 142 Å². The van der Waals surface area contributed by atoms with Gasteiger partial charge in [-0.15, -0.1) is 0 Å². The molecule has 4 heterocycles. The fourth-order valence-electron chi connectivity index (χ4n) is 9.98. The van der Waals surface area contributed by atoms with Crippen molar-refractivity contribution in [1.29, 1.82) is 0 Å². The largest absolute Gasteiger partial charge is 0.394 e. The molecule has 0 spiro atoms. The average molecular weight is 1030 g/mol. The molecule has 22 heteroatoms. The second-order valence-electron chi connectivity index (χ2n) is 20.3. The molecule has 4 aliphatic heterocycles. The van der Waals surface area contributed by atoms with E-state index in [4.69, 9.17) is 37.9 Å². The molecule has 0 amide bonds. The Kier molecular flexibility index (Phi) is 28.8. The maximum atomic E-state index is 11.5. The van der Waals surface area contributed by atoms with Gasteiger partial charge in [0.2, 0.25) is 0 Å². The molecule has 0 aliphatic carbocycles. The maximum Gasteiger partial charge on any atom is 0.187 e. The molecule has 20 atom stereocenters. The molecule has 0 aromatic heterocycles. The molecule has 0 aromatic carbocycles. The van der Waals surface area contributed by atoms with E-state index in [1.54, 1.807) is 0 Å². The molecule has 0 saturated carbocycles. The summed E-state index contributed by atoms with van der Waals surface area (Å²) >= 11 is 0. The van der Waals surface area contributed by atoms with E-state index in [-0.39, 0.29) is 13.2 Å². The van der Waals surface area contributed by atoms with Gasteiger partial charge in [0.1, 0.15) is 97.7 Å². The Bertz CT molecular complexity index is 1280. The SMILES string of the molecule is CCCCCCCCCCCC(CCCCCCCCCCC)(CO[C@@H]1O[C@H](CO)[C@@H](O[C@H]2O[C@H](CO)[C@@H](O)[C@H](O)[C@H]2O)[C@H](O)[C@H]1O)CO[C@@H]1O[C@H](CO)[C@@H](O[C@H]2O[C@H](CO)[C@@H](O)[C@H](O)[C@H]2O)[C@H](O)[C@H]1O. The zero-order valence-corrected chi connectivity index (χ0v) is 42.0. The van der Waals surface area contributed by atoms with Crippen LogP contribution in [0.3, 0.4) is 0 Å². The number of hydrogen-bond acceptors (Lipinski definition) is 22. The number of unbranched alkanes of at least 4 members (excludes halogenated alkanes) is 16. The Morgan fingerprint density at radius 3 is 0.915 bits per heavy atom.